The van der Waals surface area contributed by atoms with Crippen molar-refractivity contribution in [2.45, 2.75) is 25.0 Å². The molecule has 0 aromatic heterocycles. The Morgan fingerprint density at radius 2 is 2.41 bits per heavy atom. The smallest absolute Gasteiger partial charge is 0.141 e. The highest BCUT2D eigenvalue weighted by molar-refractivity contribution is 8.06. The number of hydrogen-bond donors (Lipinski definition) is 0. The summed E-state index contributed by atoms with van der Waals surface area (Å²) in [5, 5.41) is 0.584. The molecule has 1 aromatic rings. The van der Waals surface area contributed by atoms with E-state index in [1.54, 1.807) is 0 Å². The minimum absolute atomic E-state index is 0.213. The quantitative estimate of drug-likeness (QED) is 0.766. The molecule has 0 radical (unpaired) electrons. The fraction of sp³-hybridized carbons (Fsp3) is 0.500. The van der Waals surface area contributed by atoms with E-state index in [1.165, 1.54) is 5.56 Å². The first-order valence-electron chi connectivity index (χ1n) is 6.13. The van der Waals surface area contributed by atoms with Crippen LogP contribution in [0.1, 0.15) is 18.1 Å². The van der Waals surface area contributed by atoms with E-state index in [-0.39, 0.29) is 5.92 Å². The van der Waals surface area contributed by atoms with E-state index in [1.807, 2.05) is 23.9 Å². The lowest BCUT2D eigenvalue weighted by molar-refractivity contribution is -0.121. The van der Waals surface area contributed by atoms with Gasteiger partial charge in [0.1, 0.15) is 11.5 Å². The molecule has 2 aliphatic rings. The minimum atomic E-state index is 0.213. The summed E-state index contributed by atoms with van der Waals surface area (Å²) in [5.74, 6) is 2.74. The number of carbonyl (C=O) groups excluding carboxylic acids is 1. The average Bonchev–Trinajstić information content (AvgIpc) is 3.07. The predicted octanol–water partition coefficient (Wildman–Crippen LogP) is 2.48. The van der Waals surface area contributed by atoms with E-state index in [9.17, 15) is 4.79 Å². The van der Waals surface area contributed by atoms with E-state index in [0.717, 1.165) is 30.1 Å². The standard InChI is InChI=1S/C14H16O2S/c1-9(14-8-17-14)12(15)7-10-2-3-13-11(6-10)4-5-16-13/h2-3,6,9,14H,4-5,7-8H2,1H3/t9?,14-/m0/s1. The van der Waals surface area contributed by atoms with Gasteiger partial charge >= 0.3 is 0 Å². The highest BCUT2D eigenvalue weighted by Crippen LogP contribution is 2.37. The van der Waals surface area contributed by atoms with Crippen LogP contribution in [0.4, 0.5) is 0 Å². The topological polar surface area (TPSA) is 26.3 Å². The molecule has 0 saturated carbocycles. The molecule has 2 heterocycles. The molecule has 90 valence electrons. The van der Waals surface area contributed by atoms with Crippen molar-refractivity contribution in [1.29, 1.82) is 0 Å². The van der Waals surface area contributed by atoms with Gasteiger partial charge in [-0.3, -0.25) is 4.79 Å². The molecular formula is C14H16O2S. The zero-order valence-corrected chi connectivity index (χ0v) is 10.8. The van der Waals surface area contributed by atoms with Crippen molar-refractivity contribution in [2.75, 3.05) is 12.4 Å². The number of fused-ring (bicyclic) bond motifs is 1. The third-order valence-corrected chi connectivity index (χ3v) is 4.68. The van der Waals surface area contributed by atoms with Crippen LogP contribution in [-0.2, 0) is 17.6 Å². The van der Waals surface area contributed by atoms with Gasteiger partial charge < -0.3 is 4.74 Å². The summed E-state index contributed by atoms with van der Waals surface area (Å²) in [4.78, 5) is 12.0. The Morgan fingerprint density at radius 1 is 1.59 bits per heavy atom. The third kappa shape index (κ3) is 2.34. The Balaban J connectivity index is 1.70. The molecule has 3 heteroatoms. The Kier molecular flexibility index (Phi) is 2.87. The van der Waals surface area contributed by atoms with Gasteiger partial charge in [-0.2, -0.15) is 11.8 Å². The van der Waals surface area contributed by atoms with Crippen LogP contribution in [-0.4, -0.2) is 23.4 Å². The van der Waals surface area contributed by atoms with Crippen LogP contribution in [0.3, 0.4) is 0 Å². The molecular weight excluding hydrogens is 232 g/mol. The number of thioether (sulfide) groups is 1. The lowest BCUT2D eigenvalue weighted by atomic mass is 9.96. The number of hydrogen-bond acceptors (Lipinski definition) is 3. The van der Waals surface area contributed by atoms with Gasteiger partial charge in [0, 0.05) is 29.8 Å². The van der Waals surface area contributed by atoms with Gasteiger partial charge in [-0.1, -0.05) is 19.1 Å². The van der Waals surface area contributed by atoms with Crippen LogP contribution in [0.2, 0.25) is 0 Å². The molecule has 2 nitrogen and oxygen atoms in total. The van der Waals surface area contributed by atoms with Crippen molar-refractivity contribution in [1.82, 2.24) is 0 Å². The average molecular weight is 248 g/mol. The van der Waals surface area contributed by atoms with Crippen LogP contribution < -0.4 is 4.74 Å². The van der Waals surface area contributed by atoms with Gasteiger partial charge in [0.2, 0.25) is 0 Å². The zero-order valence-electron chi connectivity index (χ0n) is 9.94. The number of ketones is 1. The molecule has 0 amide bonds. The van der Waals surface area contributed by atoms with Crippen molar-refractivity contribution < 1.29 is 9.53 Å². The molecule has 0 bridgehead atoms. The molecule has 2 aliphatic heterocycles. The zero-order chi connectivity index (χ0) is 11.8. The first-order valence-corrected chi connectivity index (χ1v) is 7.18. The first kappa shape index (κ1) is 11.1. The van der Waals surface area contributed by atoms with Crippen molar-refractivity contribution in [3.8, 4) is 5.75 Å². The SMILES string of the molecule is CC(C(=O)Cc1ccc2c(c1)CCO2)[C@@H]1CS1. The monoisotopic (exact) mass is 248 g/mol. The van der Waals surface area contributed by atoms with Gasteiger partial charge in [0.05, 0.1) is 6.61 Å². The Hall–Kier alpha value is -0.960. The van der Waals surface area contributed by atoms with Gasteiger partial charge in [-0.25, -0.2) is 0 Å². The fourth-order valence-corrected chi connectivity index (χ4v) is 3.10. The summed E-state index contributed by atoms with van der Waals surface area (Å²) in [7, 11) is 0. The van der Waals surface area contributed by atoms with Crippen molar-refractivity contribution in [3.63, 3.8) is 0 Å². The van der Waals surface area contributed by atoms with Gasteiger partial charge in [0.25, 0.3) is 0 Å². The maximum absolute atomic E-state index is 12.0. The van der Waals surface area contributed by atoms with Crippen molar-refractivity contribution in [3.05, 3.63) is 29.3 Å². The number of benzene rings is 1. The molecule has 0 N–H and O–H groups in total. The molecule has 1 unspecified atom stereocenters. The number of Topliss-reactive ketones (excluding diaryl/α,β-unsaturated/α-hetero) is 1. The number of ether oxygens (including phenoxy) is 1. The van der Waals surface area contributed by atoms with Crippen LogP contribution in [0, 0.1) is 5.92 Å². The van der Waals surface area contributed by atoms with Crippen LogP contribution in [0.15, 0.2) is 18.2 Å². The second-order valence-corrected chi connectivity index (χ2v) is 6.12. The van der Waals surface area contributed by atoms with E-state index < -0.39 is 0 Å². The molecule has 1 aromatic carbocycles. The largest absolute Gasteiger partial charge is 0.493 e. The highest BCUT2D eigenvalue weighted by atomic mass is 32.2. The minimum Gasteiger partial charge on any atom is -0.493 e. The Morgan fingerprint density at radius 3 is 3.18 bits per heavy atom. The molecule has 2 atom stereocenters. The lowest BCUT2D eigenvalue weighted by Gasteiger charge is -2.08. The molecule has 1 fully saturated rings. The van der Waals surface area contributed by atoms with Crippen molar-refractivity contribution in [2.24, 2.45) is 5.92 Å². The predicted molar refractivity (Wildman–Crippen MR) is 69.8 cm³/mol. The summed E-state index contributed by atoms with van der Waals surface area (Å²) >= 11 is 1.89. The molecule has 1 saturated heterocycles. The van der Waals surface area contributed by atoms with Crippen LogP contribution in [0.5, 0.6) is 5.75 Å². The third-order valence-electron chi connectivity index (χ3n) is 3.56. The van der Waals surface area contributed by atoms with Crippen LogP contribution >= 0.6 is 11.8 Å². The molecule has 0 spiro atoms. The highest BCUT2D eigenvalue weighted by Gasteiger charge is 2.33. The normalized spacial score (nSPS) is 22.8. The maximum Gasteiger partial charge on any atom is 0.141 e. The van der Waals surface area contributed by atoms with Crippen molar-refractivity contribution >= 4 is 17.5 Å². The molecule has 3 rings (SSSR count). The Labute approximate surface area is 106 Å². The lowest BCUT2D eigenvalue weighted by Crippen LogP contribution is -2.18. The maximum atomic E-state index is 12.0. The van der Waals surface area contributed by atoms with E-state index in [0.29, 0.717) is 17.5 Å². The summed E-state index contributed by atoms with van der Waals surface area (Å²) in [6.45, 7) is 2.84. The summed E-state index contributed by atoms with van der Waals surface area (Å²) < 4.78 is 5.47. The van der Waals surface area contributed by atoms with Gasteiger partial charge in [-0.05, 0) is 17.2 Å². The molecule has 0 aliphatic carbocycles. The summed E-state index contributed by atoms with van der Waals surface area (Å²) in [6.07, 6.45) is 1.55. The Bertz CT molecular complexity index is 452. The fourth-order valence-electron chi connectivity index (χ4n) is 2.26. The van der Waals surface area contributed by atoms with E-state index in [4.69, 9.17) is 4.74 Å². The second kappa shape index (κ2) is 4.37. The van der Waals surface area contributed by atoms with E-state index in [2.05, 4.69) is 13.0 Å². The first-order chi connectivity index (χ1) is 8.24. The number of carbonyl (C=O) groups is 1. The van der Waals surface area contributed by atoms with Crippen LogP contribution in [0.25, 0.3) is 0 Å². The second-order valence-electron chi connectivity index (χ2n) is 4.84. The summed E-state index contributed by atoms with van der Waals surface area (Å²) in [5.41, 5.74) is 2.39. The molecule has 17 heavy (non-hydrogen) atoms. The van der Waals surface area contributed by atoms with Gasteiger partial charge in [-0.15, -0.1) is 0 Å². The van der Waals surface area contributed by atoms with E-state index >= 15 is 0 Å². The van der Waals surface area contributed by atoms with Gasteiger partial charge in [0.15, 0.2) is 0 Å². The number of rotatable bonds is 4. The summed E-state index contributed by atoms with van der Waals surface area (Å²) in [6, 6.07) is 6.16.